The lowest BCUT2D eigenvalue weighted by atomic mass is 10.2. The second-order valence-electron chi connectivity index (χ2n) is 5.21. The zero-order chi connectivity index (χ0) is 18.2. The first-order valence-electron chi connectivity index (χ1n) is 7.22. The minimum atomic E-state index is -4.10. The Hall–Kier alpha value is -2.74. The van der Waals surface area contributed by atoms with Gasteiger partial charge in [0, 0.05) is 18.6 Å². The molecule has 25 heavy (non-hydrogen) atoms. The quantitative estimate of drug-likeness (QED) is 0.712. The van der Waals surface area contributed by atoms with Gasteiger partial charge in [-0.25, -0.2) is 17.2 Å². The van der Waals surface area contributed by atoms with Crippen LogP contribution in [0.1, 0.15) is 0 Å². The number of hydrogen-bond acceptors (Lipinski definition) is 4. The molecule has 0 amide bonds. The SMILES string of the molecule is COc1c(F)cccc1N(C)S(=O)(=O)c1ccc(F)c2ncccc12. The molecule has 0 saturated heterocycles. The Morgan fingerprint density at radius 3 is 2.52 bits per heavy atom. The van der Waals surface area contributed by atoms with E-state index in [9.17, 15) is 17.2 Å². The number of benzene rings is 2. The number of pyridine rings is 1. The standard InChI is InChI=1S/C17H14F2N2O3S/c1-21(14-7-3-6-13(19)17(14)24-2)25(22,23)15-9-8-12(18)16-11(15)5-4-10-20-16/h3-10H,1-2H3. The molecular weight excluding hydrogens is 350 g/mol. The monoisotopic (exact) mass is 364 g/mol. The van der Waals surface area contributed by atoms with E-state index < -0.39 is 21.7 Å². The number of anilines is 1. The first-order valence-corrected chi connectivity index (χ1v) is 8.66. The van der Waals surface area contributed by atoms with Gasteiger partial charge in [-0.15, -0.1) is 0 Å². The first kappa shape index (κ1) is 17.1. The van der Waals surface area contributed by atoms with Crippen LogP contribution >= 0.6 is 0 Å². The highest BCUT2D eigenvalue weighted by atomic mass is 32.2. The highest BCUT2D eigenvalue weighted by Gasteiger charge is 2.27. The third kappa shape index (κ3) is 2.78. The topological polar surface area (TPSA) is 59.5 Å². The lowest BCUT2D eigenvalue weighted by molar-refractivity contribution is 0.387. The summed E-state index contributed by atoms with van der Waals surface area (Å²) in [4.78, 5) is 3.76. The number of aromatic nitrogens is 1. The maximum atomic E-state index is 13.9. The van der Waals surface area contributed by atoms with Crippen LogP contribution in [-0.4, -0.2) is 27.6 Å². The van der Waals surface area contributed by atoms with Crippen LogP contribution in [0.15, 0.2) is 53.6 Å². The van der Waals surface area contributed by atoms with Gasteiger partial charge in [0.15, 0.2) is 11.6 Å². The molecule has 1 aromatic heterocycles. The molecule has 2 aromatic carbocycles. The number of hydrogen-bond donors (Lipinski definition) is 0. The Morgan fingerprint density at radius 2 is 1.80 bits per heavy atom. The molecule has 0 aliphatic heterocycles. The molecule has 0 aliphatic rings. The number of nitrogens with zero attached hydrogens (tertiary/aromatic N) is 2. The summed E-state index contributed by atoms with van der Waals surface area (Å²) in [6, 6.07) is 9.15. The van der Waals surface area contributed by atoms with Crippen LogP contribution in [0, 0.1) is 11.6 Å². The molecule has 0 N–H and O–H groups in total. The van der Waals surface area contributed by atoms with Gasteiger partial charge >= 0.3 is 0 Å². The second-order valence-corrected chi connectivity index (χ2v) is 7.15. The molecule has 0 fully saturated rings. The first-order chi connectivity index (χ1) is 11.9. The fourth-order valence-electron chi connectivity index (χ4n) is 2.56. The van der Waals surface area contributed by atoms with E-state index in [2.05, 4.69) is 4.98 Å². The van der Waals surface area contributed by atoms with Crippen molar-refractivity contribution in [1.82, 2.24) is 4.98 Å². The summed E-state index contributed by atoms with van der Waals surface area (Å²) in [5, 5.41) is 0.143. The Kier molecular flexibility index (Phi) is 4.30. The summed E-state index contributed by atoms with van der Waals surface area (Å²) >= 11 is 0. The molecule has 130 valence electrons. The molecule has 0 bridgehead atoms. The van der Waals surface area contributed by atoms with E-state index in [-0.39, 0.29) is 27.2 Å². The van der Waals surface area contributed by atoms with E-state index in [1.165, 1.54) is 50.7 Å². The van der Waals surface area contributed by atoms with Gasteiger partial charge in [-0.05, 0) is 36.4 Å². The predicted molar refractivity (Wildman–Crippen MR) is 90.2 cm³/mol. The van der Waals surface area contributed by atoms with Crippen molar-refractivity contribution in [2.75, 3.05) is 18.5 Å². The smallest absolute Gasteiger partial charge is 0.264 e. The van der Waals surface area contributed by atoms with Crippen molar-refractivity contribution in [1.29, 1.82) is 0 Å². The van der Waals surface area contributed by atoms with Gasteiger partial charge in [-0.2, -0.15) is 0 Å². The fourth-order valence-corrected chi connectivity index (χ4v) is 3.94. The normalized spacial score (nSPS) is 11.5. The maximum absolute atomic E-state index is 13.9. The van der Waals surface area contributed by atoms with E-state index in [0.717, 1.165) is 16.4 Å². The van der Waals surface area contributed by atoms with Crippen LogP contribution in [0.25, 0.3) is 10.9 Å². The fraction of sp³-hybridized carbons (Fsp3) is 0.118. The molecular formula is C17H14F2N2O3S. The van der Waals surface area contributed by atoms with Crippen LogP contribution in [0.2, 0.25) is 0 Å². The Bertz CT molecular complexity index is 1050. The van der Waals surface area contributed by atoms with Gasteiger partial charge in [-0.1, -0.05) is 6.07 Å². The van der Waals surface area contributed by atoms with Gasteiger partial charge in [0.2, 0.25) is 0 Å². The van der Waals surface area contributed by atoms with Crippen molar-refractivity contribution in [2.24, 2.45) is 0 Å². The average molecular weight is 364 g/mol. The number of fused-ring (bicyclic) bond motifs is 1. The van der Waals surface area contributed by atoms with Crippen LogP contribution in [-0.2, 0) is 10.0 Å². The van der Waals surface area contributed by atoms with Crippen molar-refractivity contribution in [3.05, 3.63) is 60.3 Å². The third-order valence-electron chi connectivity index (χ3n) is 3.81. The van der Waals surface area contributed by atoms with Crippen molar-refractivity contribution in [3.8, 4) is 5.75 Å². The molecule has 0 radical (unpaired) electrons. The maximum Gasteiger partial charge on any atom is 0.264 e. The number of para-hydroxylation sites is 1. The zero-order valence-electron chi connectivity index (χ0n) is 13.4. The highest BCUT2D eigenvalue weighted by molar-refractivity contribution is 7.93. The van der Waals surface area contributed by atoms with E-state index in [1.807, 2.05) is 0 Å². The second kappa shape index (κ2) is 6.29. The molecule has 0 unspecified atom stereocenters. The van der Waals surface area contributed by atoms with E-state index in [4.69, 9.17) is 4.74 Å². The summed E-state index contributed by atoms with van der Waals surface area (Å²) < 4.78 is 59.8. The number of methoxy groups -OCH3 is 1. The van der Waals surface area contributed by atoms with E-state index in [0.29, 0.717) is 0 Å². The van der Waals surface area contributed by atoms with Crippen LogP contribution in [0.4, 0.5) is 14.5 Å². The number of sulfonamides is 1. The largest absolute Gasteiger partial charge is 0.492 e. The molecule has 8 heteroatoms. The summed E-state index contributed by atoms with van der Waals surface area (Å²) in [5.41, 5.74) is -0.0213. The lowest BCUT2D eigenvalue weighted by Gasteiger charge is -2.22. The van der Waals surface area contributed by atoms with E-state index in [1.54, 1.807) is 0 Å². The van der Waals surface area contributed by atoms with Gasteiger partial charge < -0.3 is 4.74 Å². The van der Waals surface area contributed by atoms with E-state index >= 15 is 0 Å². The minimum Gasteiger partial charge on any atom is -0.492 e. The average Bonchev–Trinajstić information content (AvgIpc) is 2.61. The van der Waals surface area contributed by atoms with Gasteiger partial charge in [-0.3, -0.25) is 9.29 Å². The lowest BCUT2D eigenvalue weighted by Crippen LogP contribution is -2.27. The van der Waals surface area contributed by atoms with Crippen LogP contribution in [0.3, 0.4) is 0 Å². The molecule has 0 spiro atoms. The summed E-state index contributed by atoms with van der Waals surface area (Å²) in [6.45, 7) is 0. The number of halogens is 2. The van der Waals surface area contributed by atoms with Gasteiger partial charge in [0.1, 0.15) is 11.3 Å². The van der Waals surface area contributed by atoms with Gasteiger partial charge in [0.05, 0.1) is 17.7 Å². The minimum absolute atomic E-state index is 0.0314. The van der Waals surface area contributed by atoms with Crippen LogP contribution < -0.4 is 9.04 Å². The molecule has 0 atom stereocenters. The van der Waals surface area contributed by atoms with Gasteiger partial charge in [0.25, 0.3) is 10.0 Å². The summed E-state index contributed by atoms with van der Waals surface area (Å²) in [5.74, 6) is -1.51. The number of ether oxygens (including phenoxy) is 1. The van der Waals surface area contributed by atoms with Crippen molar-refractivity contribution in [3.63, 3.8) is 0 Å². The van der Waals surface area contributed by atoms with Crippen LogP contribution in [0.5, 0.6) is 5.75 Å². The highest BCUT2D eigenvalue weighted by Crippen LogP contribution is 2.35. The predicted octanol–water partition coefficient (Wildman–Crippen LogP) is 3.35. The third-order valence-corrected chi connectivity index (χ3v) is 5.64. The molecule has 3 rings (SSSR count). The summed E-state index contributed by atoms with van der Waals surface area (Å²) in [6.07, 6.45) is 1.38. The van der Waals surface area contributed by atoms with Crippen molar-refractivity contribution < 1.29 is 21.9 Å². The number of rotatable bonds is 4. The van der Waals surface area contributed by atoms with Crippen molar-refractivity contribution in [2.45, 2.75) is 4.90 Å². The summed E-state index contributed by atoms with van der Waals surface area (Å²) in [7, 11) is -1.58. The Labute approximate surface area is 143 Å². The molecule has 5 nitrogen and oxygen atoms in total. The molecule has 0 saturated carbocycles. The Morgan fingerprint density at radius 1 is 1.04 bits per heavy atom. The zero-order valence-corrected chi connectivity index (χ0v) is 14.2. The van der Waals surface area contributed by atoms with Crippen molar-refractivity contribution >= 4 is 26.6 Å². The molecule has 1 heterocycles. The Balaban J connectivity index is 2.21. The molecule has 0 aliphatic carbocycles. The molecule has 3 aromatic rings.